The van der Waals surface area contributed by atoms with E-state index in [9.17, 15) is 14.0 Å². The average molecular weight is 256 g/mol. The molecule has 96 valence electrons. The molecule has 0 spiro atoms. The molecule has 1 fully saturated rings. The molecule has 1 aliphatic heterocycles. The first-order valence-electron chi connectivity index (χ1n) is 5.04. The summed E-state index contributed by atoms with van der Waals surface area (Å²) in [5.74, 6) is -2.38. The van der Waals surface area contributed by atoms with Crippen molar-refractivity contribution in [2.24, 2.45) is 0 Å². The number of aromatic amines is 1. The van der Waals surface area contributed by atoms with Crippen LogP contribution in [-0.2, 0) is 10.5 Å². The van der Waals surface area contributed by atoms with E-state index in [1.165, 1.54) is 0 Å². The van der Waals surface area contributed by atoms with Crippen LogP contribution in [0.1, 0.15) is 12.8 Å². The molecule has 2 rings (SSSR count). The van der Waals surface area contributed by atoms with E-state index in [0.717, 1.165) is 6.33 Å². The van der Waals surface area contributed by atoms with E-state index >= 15 is 0 Å². The molecule has 1 aromatic heterocycles. The van der Waals surface area contributed by atoms with Crippen LogP contribution in [0.15, 0.2) is 15.9 Å². The van der Waals surface area contributed by atoms with Gasteiger partial charge in [0.2, 0.25) is 11.6 Å². The maximum atomic E-state index is 13.8. The van der Waals surface area contributed by atoms with Gasteiger partial charge in [-0.25, -0.2) is 18.5 Å². The molecule has 2 atom stereocenters. The number of aliphatic hydroxyl groups is 1. The highest BCUT2D eigenvalue weighted by Gasteiger charge is 2.52. The summed E-state index contributed by atoms with van der Waals surface area (Å²) in [6, 6.07) is 1.67. The highest BCUT2D eigenvalue weighted by Crippen LogP contribution is 2.40. The Morgan fingerprint density at radius 2 is 2.39 bits per heavy atom. The van der Waals surface area contributed by atoms with Crippen molar-refractivity contribution in [1.29, 1.82) is 5.26 Å². The van der Waals surface area contributed by atoms with Crippen molar-refractivity contribution in [3.63, 3.8) is 0 Å². The van der Waals surface area contributed by atoms with Gasteiger partial charge in [-0.1, -0.05) is 0 Å². The Morgan fingerprint density at radius 3 is 2.89 bits per heavy atom. The predicted molar refractivity (Wildman–Crippen MR) is 53.9 cm³/mol. The lowest BCUT2D eigenvalue weighted by molar-refractivity contribution is -0.204. The zero-order chi connectivity index (χ0) is 13.4. The van der Waals surface area contributed by atoms with Gasteiger partial charge in [0.05, 0.1) is 0 Å². The van der Waals surface area contributed by atoms with Gasteiger partial charge in [-0.3, -0.25) is 4.98 Å². The van der Waals surface area contributed by atoms with E-state index in [4.69, 9.17) is 15.1 Å². The number of rotatable bonds is 2. The molecule has 1 saturated heterocycles. The van der Waals surface area contributed by atoms with Crippen molar-refractivity contribution in [3.8, 4) is 6.07 Å². The molecular weight excluding hydrogens is 247 g/mol. The van der Waals surface area contributed by atoms with Crippen LogP contribution in [0.5, 0.6) is 0 Å². The number of aromatic nitrogens is 3. The third-order valence-electron chi connectivity index (χ3n) is 2.71. The van der Waals surface area contributed by atoms with Crippen LogP contribution < -0.4 is 11.4 Å². The predicted octanol–water partition coefficient (Wildman–Crippen LogP) is -1.42. The minimum Gasteiger partial charge on any atom is -0.390 e. The number of hydrogen-bond donors (Lipinski definition) is 2. The van der Waals surface area contributed by atoms with Crippen LogP contribution in [-0.4, -0.2) is 32.1 Å². The van der Waals surface area contributed by atoms with E-state index in [-0.39, 0.29) is 12.8 Å². The lowest BCUT2D eigenvalue weighted by Crippen LogP contribution is -2.45. The molecule has 0 amide bonds. The van der Waals surface area contributed by atoms with Gasteiger partial charge in [0.15, 0.2) is 0 Å². The van der Waals surface area contributed by atoms with Crippen molar-refractivity contribution in [2.75, 3.05) is 6.61 Å². The number of nitrogens with one attached hydrogen (secondary N) is 1. The molecule has 0 aliphatic carbocycles. The zero-order valence-electron chi connectivity index (χ0n) is 9.09. The zero-order valence-corrected chi connectivity index (χ0v) is 9.09. The summed E-state index contributed by atoms with van der Waals surface area (Å²) < 4.78 is 19.4. The highest BCUT2D eigenvalue weighted by atomic mass is 19.2. The number of alkyl halides is 1. The summed E-state index contributed by atoms with van der Waals surface area (Å²) in [7, 11) is 0. The molecule has 9 heteroatoms. The maximum Gasteiger partial charge on any atom is 0.350 e. The van der Waals surface area contributed by atoms with E-state index in [0.29, 0.717) is 4.57 Å². The Kier molecular flexibility index (Phi) is 2.76. The smallest absolute Gasteiger partial charge is 0.350 e. The first-order chi connectivity index (χ1) is 8.45. The summed E-state index contributed by atoms with van der Waals surface area (Å²) >= 11 is 0. The molecule has 8 nitrogen and oxygen atoms in total. The normalized spacial score (nSPS) is 31.2. The van der Waals surface area contributed by atoms with Crippen LogP contribution in [0, 0.1) is 11.3 Å². The number of nitrogens with zero attached hydrogens (tertiary/aromatic N) is 3. The topological polar surface area (TPSA) is 121 Å². The van der Waals surface area contributed by atoms with Gasteiger partial charge < -0.3 is 9.84 Å². The SMILES string of the molecule is N#C[C@]1(n2cnc(=O)[nH]c2=O)CC[C@@](F)(CO)O1. The van der Waals surface area contributed by atoms with E-state index in [1.807, 2.05) is 4.98 Å². The summed E-state index contributed by atoms with van der Waals surface area (Å²) in [5, 5.41) is 17.9. The number of nitriles is 1. The Balaban J connectivity index is 2.51. The van der Waals surface area contributed by atoms with Crippen LogP contribution >= 0.6 is 0 Å². The highest BCUT2D eigenvalue weighted by molar-refractivity contribution is 5.04. The average Bonchev–Trinajstić information content (AvgIpc) is 2.69. The molecule has 2 heterocycles. The summed E-state index contributed by atoms with van der Waals surface area (Å²) in [6.07, 6.45) is 0.421. The fourth-order valence-corrected chi connectivity index (χ4v) is 1.78. The van der Waals surface area contributed by atoms with Crippen molar-refractivity contribution < 1.29 is 14.2 Å². The van der Waals surface area contributed by atoms with E-state index in [1.54, 1.807) is 6.07 Å². The molecule has 18 heavy (non-hydrogen) atoms. The fourth-order valence-electron chi connectivity index (χ4n) is 1.78. The van der Waals surface area contributed by atoms with Crippen molar-refractivity contribution in [2.45, 2.75) is 24.4 Å². The van der Waals surface area contributed by atoms with Gasteiger partial charge in [0.25, 0.3) is 0 Å². The van der Waals surface area contributed by atoms with Crippen LogP contribution in [0.25, 0.3) is 0 Å². The Bertz CT molecular complexity index is 620. The minimum atomic E-state index is -2.38. The Morgan fingerprint density at radius 1 is 1.67 bits per heavy atom. The number of halogens is 1. The third kappa shape index (κ3) is 1.81. The van der Waals surface area contributed by atoms with Crippen molar-refractivity contribution >= 4 is 0 Å². The second-order valence-electron chi connectivity index (χ2n) is 3.89. The lowest BCUT2D eigenvalue weighted by atomic mass is 10.1. The van der Waals surface area contributed by atoms with Gasteiger partial charge in [-0.05, 0) is 0 Å². The lowest BCUT2D eigenvalue weighted by Gasteiger charge is -2.24. The second-order valence-corrected chi connectivity index (χ2v) is 3.89. The molecule has 0 aromatic carbocycles. The van der Waals surface area contributed by atoms with Gasteiger partial charge in [-0.2, -0.15) is 10.2 Å². The molecule has 0 saturated carbocycles. The van der Waals surface area contributed by atoms with Gasteiger partial charge >= 0.3 is 11.4 Å². The fraction of sp³-hybridized carbons (Fsp3) is 0.556. The van der Waals surface area contributed by atoms with Crippen molar-refractivity contribution in [3.05, 3.63) is 27.3 Å². The van der Waals surface area contributed by atoms with Crippen LogP contribution in [0.2, 0.25) is 0 Å². The first-order valence-corrected chi connectivity index (χ1v) is 5.04. The molecular formula is C9H9FN4O4. The Hall–Kier alpha value is -2.05. The second kappa shape index (κ2) is 4.01. The number of H-pyrrole nitrogens is 1. The number of hydrogen-bond acceptors (Lipinski definition) is 6. The molecule has 0 unspecified atom stereocenters. The molecule has 0 bridgehead atoms. The first kappa shape index (κ1) is 12.4. The Labute approximate surface area is 99.3 Å². The summed E-state index contributed by atoms with van der Waals surface area (Å²) in [6.45, 7) is -0.929. The van der Waals surface area contributed by atoms with Gasteiger partial charge in [-0.15, -0.1) is 0 Å². The summed E-state index contributed by atoms with van der Waals surface area (Å²) in [4.78, 5) is 27.5. The van der Waals surface area contributed by atoms with E-state index in [2.05, 4.69) is 4.98 Å². The minimum absolute atomic E-state index is 0.145. The standard InChI is InChI=1S/C9H9FN4O4/c10-8(4-15)1-2-9(3-11,18-8)14-5-12-6(16)13-7(14)17/h5,15H,1-2,4H2,(H,13,16,17)/t8-,9-/m0/s1. The molecule has 2 N–H and O–H groups in total. The van der Waals surface area contributed by atoms with Crippen LogP contribution in [0.4, 0.5) is 4.39 Å². The van der Waals surface area contributed by atoms with E-state index < -0.39 is 29.6 Å². The maximum absolute atomic E-state index is 13.8. The van der Waals surface area contributed by atoms with Gasteiger partial charge in [0, 0.05) is 12.8 Å². The van der Waals surface area contributed by atoms with Crippen LogP contribution in [0.3, 0.4) is 0 Å². The van der Waals surface area contributed by atoms with Crippen molar-refractivity contribution in [1.82, 2.24) is 14.5 Å². The van der Waals surface area contributed by atoms with Gasteiger partial charge in [0.1, 0.15) is 19.0 Å². The third-order valence-corrected chi connectivity index (χ3v) is 2.71. The molecule has 1 aromatic rings. The summed E-state index contributed by atoms with van der Waals surface area (Å²) in [5.41, 5.74) is -3.72. The molecule has 0 radical (unpaired) electrons. The number of aliphatic hydroxyl groups excluding tert-OH is 1. The largest absolute Gasteiger partial charge is 0.390 e. The molecule has 1 aliphatic rings. The monoisotopic (exact) mass is 256 g/mol. The quantitative estimate of drug-likeness (QED) is 0.669. The number of ether oxygens (including phenoxy) is 1.